The smallest absolute Gasteiger partial charge is 0.0996 e. The number of rotatable bonds is 0. The van der Waals surface area contributed by atoms with Crippen molar-refractivity contribution in [1.29, 1.82) is 5.26 Å². The monoisotopic (exact) mass is 177 g/mol. The van der Waals surface area contributed by atoms with Crippen LogP contribution in [0.1, 0.15) is 41.5 Å². The van der Waals surface area contributed by atoms with Crippen LogP contribution >= 0.6 is 0 Å². The van der Waals surface area contributed by atoms with E-state index >= 15 is 0 Å². The summed E-state index contributed by atoms with van der Waals surface area (Å²) in [6.45, 7) is 12.9. The summed E-state index contributed by atoms with van der Waals surface area (Å²) < 4.78 is 0. The minimum atomic E-state index is 0.0750. The van der Waals surface area contributed by atoms with E-state index in [2.05, 4.69) is 47.3 Å². The zero-order chi connectivity index (χ0) is 10.7. The van der Waals surface area contributed by atoms with Crippen LogP contribution in [-0.4, -0.2) is 0 Å². The van der Waals surface area contributed by atoms with Crippen molar-refractivity contribution in [3.05, 3.63) is 17.4 Å². The molecule has 0 spiro atoms. The average Bonchev–Trinajstić information content (AvgIpc) is 1.81. The molecule has 1 nitrogen and oxygen atoms in total. The quantitative estimate of drug-likeness (QED) is 0.409. The van der Waals surface area contributed by atoms with Gasteiger partial charge in [0.25, 0.3) is 0 Å². The SMILES string of the molecule is CC(C)(C)C(=C=CC#N)C(C)(C)C. The topological polar surface area (TPSA) is 23.8 Å². The molecule has 0 heterocycles. The first-order valence-electron chi connectivity index (χ1n) is 4.55. The van der Waals surface area contributed by atoms with E-state index in [1.165, 1.54) is 11.6 Å². The van der Waals surface area contributed by atoms with Gasteiger partial charge in [0, 0.05) is 0 Å². The second-order valence-corrected chi connectivity index (χ2v) is 5.29. The standard InChI is InChI=1S/C12H19N/c1-11(2,3)10(8-7-9-13)12(4,5)6/h7H,1-6H3. The Morgan fingerprint density at radius 3 is 1.62 bits per heavy atom. The molecule has 0 aromatic carbocycles. The molecular formula is C12H19N. The van der Waals surface area contributed by atoms with Crippen molar-refractivity contribution in [3.8, 4) is 6.07 Å². The minimum absolute atomic E-state index is 0.0750. The van der Waals surface area contributed by atoms with Crippen LogP contribution in [-0.2, 0) is 0 Å². The Morgan fingerprint density at radius 2 is 1.38 bits per heavy atom. The summed E-state index contributed by atoms with van der Waals surface area (Å²) in [6, 6.07) is 1.99. The van der Waals surface area contributed by atoms with E-state index in [0.29, 0.717) is 0 Å². The molecule has 0 aliphatic rings. The second kappa shape index (κ2) is 3.81. The Bertz CT molecular complexity index is 254. The third-order valence-electron chi connectivity index (χ3n) is 1.78. The van der Waals surface area contributed by atoms with E-state index in [1.54, 1.807) is 0 Å². The Balaban J connectivity index is 5.29. The highest BCUT2D eigenvalue weighted by atomic mass is 14.3. The highest BCUT2D eigenvalue weighted by molar-refractivity contribution is 5.20. The summed E-state index contributed by atoms with van der Waals surface area (Å²) in [5.74, 6) is 0. The van der Waals surface area contributed by atoms with Gasteiger partial charge in [0.15, 0.2) is 0 Å². The molecule has 0 radical (unpaired) electrons. The van der Waals surface area contributed by atoms with Gasteiger partial charge in [-0.05, 0) is 16.4 Å². The van der Waals surface area contributed by atoms with Crippen LogP contribution in [0, 0.1) is 22.2 Å². The Labute approximate surface area is 81.8 Å². The maximum Gasteiger partial charge on any atom is 0.0996 e. The molecule has 0 N–H and O–H groups in total. The maximum absolute atomic E-state index is 8.47. The average molecular weight is 177 g/mol. The predicted octanol–water partition coefficient (Wildman–Crippen LogP) is 3.68. The molecule has 0 unspecified atom stereocenters. The second-order valence-electron chi connectivity index (χ2n) is 5.29. The van der Waals surface area contributed by atoms with Gasteiger partial charge < -0.3 is 0 Å². The molecular weight excluding hydrogens is 158 g/mol. The lowest BCUT2D eigenvalue weighted by Crippen LogP contribution is -2.21. The largest absolute Gasteiger partial charge is 0.192 e. The van der Waals surface area contributed by atoms with E-state index in [4.69, 9.17) is 5.26 Å². The van der Waals surface area contributed by atoms with Crippen molar-refractivity contribution < 1.29 is 0 Å². The van der Waals surface area contributed by atoms with Crippen LogP contribution in [0.25, 0.3) is 0 Å². The number of allylic oxidation sites excluding steroid dienone is 1. The van der Waals surface area contributed by atoms with Gasteiger partial charge in [-0.15, -0.1) is 5.73 Å². The van der Waals surface area contributed by atoms with Gasteiger partial charge in [0.05, 0.1) is 12.1 Å². The molecule has 72 valence electrons. The first-order chi connectivity index (χ1) is 5.69. The molecule has 0 saturated heterocycles. The molecule has 0 aliphatic carbocycles. The van der Waals surface area contributed by atoms with Crippen LogP contribution in [0.4, 0.5) is 0 Å². The fraction of sp³-hybridized carbons (Fsp3) is 0.667. The van der Waals surface area contributed by atoms with Gasteiger partial charge in [-0.2, -0.15) is 5.26 Å². The summed E-state index contributed by atoms with van der Waals surface area (Å²) in [5.41, 5.74) is 4.41. The lowest BCUT2D eigenvalue weighted by Gasteiger charge is -2.31. The summed E-state index contributed by atoms with van der Waals surface area (Å²) in [4.78, 5) is 0. The Kier molecular flexibility index (Phi) is 3.52. The van der Waals surface area contributed by atoms with Crippen LogP contribution < -0.4 is 0 Å². The Hall–Kier alpha value is -0.990. The molecule has 0 rings (SSSR count). The van der Waals surface area contributed by atoms with Gasteiger partial charge in [-0.1, -0.05) is 41.5 Å². The molecule has 0 amide bonds. The first-order valence-corrected chi connectivity index (χ1v) is 4.55. The van der Waals surface area contributed by atoms with Crippen LogP contribution in [0.2, 0.25) is 0 Å². The van der Waals surface area contributed by atoms with Crippen molar-refractivity contribution in [3.63, 3.8) is 0 Å². The molecule has 1 heteroatoms. The first kappa shape index (κ1) is 12.0. The van der Waals surface area contributed by atoms with Crippen molar-refractivity contribution in [2.24, 2.45) is 10.8 Å². The molecule has 0 atom stereocenters. The van der Waals surface area contributed by atoms with Crippen molar-refractivity contribution in [2.45, 2.75) is 41.5 Å². The number of hydrogen-bond donors (Lipinski definition) is 0. The molecule has 13 heavy (non-hydrogen) atoms. The zero-order valence-electron chi connectivity index (χ0n) is 9.52. The molecule has 0 aliphatic heterocycles. The molecule has 0 saturated carbocycles. The van der Waals surface area contributed by atoms with E-state index < -0.39 is 0 Å². The van der Waals surface area contributed by atoms with Gasteiger partial charge >= 0.3 is 0 Å². The van der Waals surface area contributed by atoms with Crippen molar-refractivity contribution >= 4 is 0 Å². The van der Waals surface area contributed by atoms with Gasteiger partial charge in [0.2, 0.25) is 0 Å². The summed E-state index contributed by atoms with van der Waals surface area (Å²) >= 11 is 0. The lowest BCUT2D eigenvalue weighted by atomic mass is 9.72. The molecule has 0 bridgehead atoms. The number of hydrogen-bond acceptors (Lipinski definition) is 1. The van der Waals surface area contributed by atoms with Crippen molar-refractivity contribution in [2.75, 3.05) is 0 Å². The zero-order valence-corrected chi connectivity index (χ0v) is 9.52. The number of nitrogens with zero attached hydrogens (tertiary/aromatic N) is 1. The van der Waals surface area contributed by atoms with Gasteiger partial charge in [-0.25, -0.2) is 0 Å². The van der Waals surface area contributed by atoms with E-state index in [9.17, 15) is 0 Å². The van der Waals surface area contributed by atoms with E-state index in [1.807, 2.05) is 6.07 Å². The fourth-order valence-electron chi connectivity index (χ4n) is 1.66. The van der Waals surface area contributed by atoms with Crippen LogP contribution in [0.15, 0.2) is 17.4 Å². The number of nitriles is 1. The highest BCUT2D eigenvalue weighted by Crippen LogP contribution is 2.38. The third-order valence-corrected chi connectivity index (χ3v) is 1.78. The molecule has 0 fully saturated rings. The molecule has 0 aromatic rings. The normalized spacial score (nSPS) is 11.5. The van der Waals surface area contributed by atoms with Crippen molar-refractivity contribution in [1.82, 2.24) is 0 Å². The van der Waals surface area contributed by atoms with Crippen LogP contribution in [0.5, 0.6) is 0 Å². The van der Waals surface area contributed by atoms with Gasteiger partial charge in [-0.3, -0.25) is 0 Å². The maximum atomic E-state index is 8.47. The van der Waals surface area contributed by atoms with Gasteiger partial charge in [0.1, 0.15) is 0 Å². The molecule has 0 aromatic heterocycles. The predicted molar refractivity (Wildman–Crippen MR) is 56.1 cm³/mol. The van der Waals surface area contributed by atoms with E-state index in [0.717, 1.165) is 0 Å². The summed E-state index contributed by atoms with van der Waals surface area (Å²) in [7, 11) is 0. The fourth-order valence-corrected chi connectivity index (χ4v) is 1.66. The highest BCUT2D eigenvalue weighted by Gasteiger charge is 2.27. The van der Waals surface area contributed by atoms with E-state index in [-0.39, 0.29) is 10.8 Å². The van der Waals surface area contributed by atoms with Crippen LogP contribution in [0.3, 0.4) is 0 Å². The third kappa shape index (κ3) is 3.97. The minimum Gasteiger partial charge on any atom is -0.192 e. The summed E-state index contributed by atoms with van der Waals surface area (Å²) in [6.07, 6.45) is 1.44. The summed E-state index contributed by atoms with van der Waals surface area (Å²) in [5, 5.41) is 8.47. The lowest BCUT2D eigenvalue weighted by molar-refractivity contribution is 0.363. The Morgan fingerprint density at radius 1 is 1.00 bits per heavy atom.